The van der Waals surface area contributed by atoms with Crippen LogP contribution in [0.2, 0.25) is 0 Å². The zero-order valence-electron chi connectivity index (χ0n) is 11.5. The number of H-pyrrole nitrogens is 1. The molecule has 3 rings (SSSR count). The van der Waals surface area contributed by atoms with E-state index >= 15 is 0 Å². The molecule has 0 atom stereocenters. The van der Waals surface area contributed by atoms with Crippen molar-refractivity contribution in [2.24, 2.45) is 0 Å². The van der Waals surface area contributed by atoms with E-state index in [1.807, 2.05) is 18.3 Å². The molecule has 0 saturated heterocycles. The minimum Gasteiger partial charge on any atom is -0.481 e. The molecular formula is C15H17N3OS. The Morgan fingerprint density at radius 3 is 2.90 bits per heavy atom. The maximum atomic E-state index is 5.42. The molecule has 0 unspecified atom stereocenters. The summed E-state index contributed by atoms with van der Waals surface area (Å²) >= 11 is 5.42. The van der Waals surface area contributed by atoms with Crippen LogP contribution in [0.5, 0.6) is 5.88 Å². The summed E-state index contributed by atoms with van der Waals surface area (Å²) < 4.78 is 5.82. The highest BCUT2D eigenvalue weighted by molar-refractivity contribution is 7.71. The molecule has 0 saturated carbocycles. The molecule has 20 heavy (non-hydrogen) atoms. The molecule has 0 aliphatic heterocycles. The summed E-state index contributed by atoms with van der Waals surface area (Å²) in [6, 6.07) is 3.87. The average molecular weight is 287 g/mol. The van der Waals surface area contributed by atoms with Crippen molar-refractivity contribution in [1.82, 2.24) is 15.0 Å². The van der Waals surface area contributed by atoms with E-state index < -0.39 is 0 Å². The van der Waals surface area contributed by atoms with Crippen LogP contribution >= 0.6 is 12.2 Å². The van der Waals surface area contributed by atoms with E-state index in [-0.39, 0.29) is 0 Å². The molecular weight excluding hydrogens is 270 g/mol. The van der Waals surface area contributed by atoms with Crippen molar-refractivity contribution in [3.8, 4) is 5.88 Å². The largest absolute Gasteiger partial charge is 0.481 e. The van der Waals surface area contributed by atoms with Gasteiger partial charge in [0.15, 0.2) is 0 Å². The third kappa shape index (κ3) is 2.72. The van der Waals surface area contributed by atoms with E-state index in [0.717, 1.165) is 28.9 Å². The van der Waals surface area contributed by atoms with E-state index in [1.54, 1.807) is 7.11 Å². The van der Waals surface area contributed by atoms with Gasteiger partial charge in [0, 0.05) is 29.9 Å². The molecule has 1 N–H and O–H groups in total. The fourth-order valence-corrected chi connectivity index (χ4v) is 2.92. The Balaban J connectivity index is 1.87. The second-order valence-electron chi connectivity index (χ2n) is 5.04. The van der Waals surface area contributed by atoms with Crippen LogP contribution in [0.4, 0.5) is 0 Å². The van der Waals surface area contributed by atoms with Crippen LogP contribution in [0.25, 0.3) is 0 Å². The first-order valence-electron chi connectivity index (χ1n) is 6.86. The Hall–Kier alpha value is -1.75. The Bertz CT molecular complexity index is 664. The Kier molecular flexibility index (Phi) is 3.78. The average Bonchev–Trinajstić information content (AvgIpc) is 2.48. The van der Waals surface area contributed by atoms with E-state index in [9.17, 15) is 0 Å². The predicted molar refractivity (Wildman–Crippen MR) is 79.7 cm³/mol. The minimum atomic E-state index is 0.625. The first kappa shape index (κ1) is 13.2. The van der Waals surface area contributed by atoms with Gasteiger partial charge >= 0.3 is 0 Å². The fourth-order valence-electron chi connectivity index (χ4n) is 2.58. The number of aryl methyl sites for hydroxylation is 1. The first-order valence-corrected chi connectivity index (χ1v) is 7.27. The monoisotopic (exact) mass is 287 g/mol. The highest BCUT2D eigenvalue weighted by Gasteiger charge is 2.13. The van der Waals surface area contributed by atoms with Gasteiger partial charge in [-0.05, 0) is 31.2 Å². The summed E-state index contributed by atoms with van der Waals surface area (Å²) in [6.07, 6.45) is 7.11. The summed E-state index contributed by atoms with van der Waals surface area (Å²) in [4.78, 5) is 12.2. The quantitative estimate of drug-likeness (QED) is 0.882. The molecule has 0 amide bonds. The molecule has 0 bridgehead atoms. The number of methoxy groups -OCH3 is 1. The van der Waals surface area contributed by atoms with Gasteiger partial charge in [-0.3, -0.25) is 0 Å². The number of pyridine rings is 1. The number of aromatic amines is 1. The second-order valence-corrected chi connectivity index (χ2v) is 5.43. The Morgan fingerprint density at radius 2 is 2.15 bits per heavy atom. The molecule has 4 nitrogen and oxygen atoms in total. The van der Waals surface area contributed by atoms with E-state index in [4.69, 9.17) is 17.0 Å². The molecule has 0 radical (unpaired) electrons. The van der Waals surface area contributed by atoms with Gasteiger partial charge in [0.2, 0.25) is 5.88 Å². The van der Waals surface area contributed by atoms with Gasteiger partial charge in [-0.2, -0.15) is 0 Å². The molecule has 5 heteroatoms. The topological polar surface area (TPSA) is 50.8 Å². The zero-order chi connectivity index (χ0) is 13.9. The lowest BCUT2D eigenvalue weighted by molar-refractivity contribution is 0.397. The van der Waals surface area contributed by atoms with Crippen LogP contribution in [0, 0.1) is 4.64 Å². The van der Waals surface area contributed by atoms with E-state index in [0.29, 0.717) is 12.3 Å². The van der Waals surface area contributed by atoms with Crippen molar-refractivity contribution in [3.63, 3.8) is 0 Å². The maximum absolute atomic E-state index is 5.42. The first-order chi connectivity index (χ1) is 9.76. The van der Waals surface area contributed by atoms with Crippen molar-refractivity contribution in [1.29, 1.82) is 0 Å². The highest BCUT2D eigenvalue weighted by Crippen LogP contribution is 2.20. The molecule has 1 aliphatic carbocycles. The van der Waals surface area contributed by atoms with Crippen molar-refractivity contribution in [3.05, 3.63) is 45.6 Å². The van der Waals surface area contributed by atoms with Gasteiger partial charge in [0.25, 0.3) is 0 Å². The lowest BCUT2D eigenvalue weighted by Crippen LogP contribution is -2.10. The van der Waals surface area contributed by atoms with Crippen LogP contribution in [0.15, 0.2) is 18.3 Å². The molecule has 0 fully saturated rings. The maximum Gasteiger partial charge on any atom is 0.212 e. The third-order valence-corrected chi connectivity index (χ3v) is 3.97. The van der Waals surface area contributed by atoms with Crippen LogP contribution in [-0.2, 0) is 19.3 Å². The molecule has 2 aromatic rings. The van der Waals surface area contributed by atoms with Gasteiger partial charge in [-0.15, -0.1) is 0 Å². The van der Waals surface area contributed by atoms with Gasteiger partial charge in [-0.25, -0.2) is 9.97 Å². The van der Waals surface area contributed by atoms with Crippen molar-refractivity contribution >= 4 is 12.2 Å². The minimum absolute atomic E-state index is 0.625. The summed E-state index contributed by atoms with van der Waals surface area (Å²) in [5, 5.41) is 0. The van der Waals surface area contributed by atoms with Gasteiger partial charge < -0.3 is 9.72 Å². The number of fused-ring (bicyclic) bond motifs is 1. The lowest BCUT2D eigenvalue weighted by atomic mass is 9.97. The van der Waals surface area contributed by atoms with Crippen LogP contribution in [0.3, 0.4) is 0 Å². The van der Waals surface area contributed by atoms with Crippen LogP contribution in [-0.4, -0.2) is 22.1 Å². The predicted octanol–water partition coefficient (Wildman–Crippen LogP) is 3.01. The van der Waals surface area contributed by atoms with E-state index in [1.165, 1.54) is 24.1 Å². The van der Waals surface area contributed by atoms with Crippen LogP contribution in [0.1, 0.15) is 35.5 Å². The fraction of sp³-hybridized carbons (Fsp3) is 0.400. The van der Waals surface area contributed by atoms with Gasteiger partial charge in [0.05, 0.1) is 7.11 Å². The summed E-state index contributed by atoms with van der Waals surface area (Å²) in [5.74, 6) is 1.54. The lowest BCUT2D eigenvalue weighted by Gasteiger charge is -2.16. The zero-order valence-corrected chi connectivity index (χ0v) is 12.3. The molecule has 2 heterocycles. The standard InChI is InChI=1S/C15H17N3OS/c1-19-14-7-6-10(9-16-14)8-13-17-12-5-3-2-4-11(12)15(20)18-13/h6-7,9H,2-5,8H2,1H3,(H,17,18,20). The summed E-state index contributed by atoms with van der Waals surface area (Å²) in [5.41, 5.74) is 3.61. The smallest absolute Gasteiger partial charge is 0.212 e. The normalized spacial score (nSPS) is 13.8. The van der Waals surface area contributed by atoms with Crippen LogP contribution < -0.4 is 4.74 Å². The van der Waals surface area contributed by atoms with Crippen molar-refractivity contribution in [2.45, 2.75) is 32.1 Å². The summed E-state index contributed by atoms with van der Waals surface area (Å²) in [6.45, 7) is 0. The SMILES string of the molecule is COc1ccc(Cc2nc(=S)c3c([nH]2)CCCC3)cn1. The van der Waals surface area contributed by atoms with Gasteiger partial charge in [-0.1, -0.05) is 18.3 Å². The number of nitrogens with one attached hydrogen (secondary N) is 1. The molecule has 0 aromatic carbocycles. The molecule has 0 spiro atoms. The van der Waals surface area contributed by atoms with E-state index in [2.05, 4.69) is 15.0 Å². The Labute approximate surface area is 123 Å². The second kappa shape index (κ2) is 5.71. The molecule has 2 aromatic heterocycles. The number of aromatic nitrogens is 3. The number of rotatable bonds is 3. The molecule has 104 valence electrons. The Morgan fingerprint density at radius 1 is 1.30 bits per heavy atom. The van der Waals surface area contributed by atoms with Crippen molar-refractivity contribution < 1.29 is 4.74 Å². The van der Waals surface area contributed by atoms with Gasteiger partial charge in [0.1, 0.15) is 10.5 Å². The number of nitrogens with zero attached hydrogens (tertiary/aromatic N) is 2. The highest BCUT2D eigenvalue weighted by atomic mass is 32.1. The third-order valence-electron chi connectivity index (χ3n) is 3.64. The summed E-state index contributed by atoms with van der Waals surface area (Å²) in [7, 11) is 1.62. The van der Waals surface area contributed by atoms with Crippen molar-refractivity contribution in [2.75, 3.05) is 7.11 Å². The number of ether oxygens (including phenoxy) is 1. The number of hydrogen-bond donors (Lipinski definition) is 1. The molecule has 1 aliphatic rings. The number of hydrogen-bond acceptors (Lipinski definition) is 4.